The van der Waals surface area contributed by atoms with Crippen LogP contribution in [0.25, 0.3) is 0 Å². The Morgan fingerprint density at radius 3 is 2.26 bits per heavy atom. The monoisotopic (exact) mass is 432 g/mol. The van der Waals surface area contributed by atoms with Crippen molar-refractivity contribution in [2.45, 2.75) is 136 Å². The van der Waals surface area contributed by atoms with Gasteiger partial charge in [0.1, 0.15) is 0 Å². The molecule has 0 aromatic carbocycles. The molecule has 0 unspecified atom stereocenters. The third kappa shape index (κ3) is 4.16. The number of rotatable bonds is 6. The van der Waals surface area contributed by atoms with Crippen LogP contribution in [0.4, 0.5) is 0 Å². The summed E-state index contributed by atoms with van der Waals surface area (Å²) in [5, 5.41) is 21.4. The van der Waals surface area contributed by atoms with E-state index >= 15 is 0 Å². The summed E-state index contributed by atoms with van der Waals surface area (Å²) in [7, 11) is 0. The minimum Gasteiger partial charge on any atom is -0.390 e. The van der Waals surface area contributed by atoms with Gasteiger partial charge in [0.15, 0.2) is 0 Å². The molecular formula is C29H52O2. The van der Waals surface area contributed by atoms with Gasteiger partial charge in [-0.2, -0.15) is 0 Å². The second-order valence-electron chi connectivity index (χ2n) is 13.7. The lowest BCUT2D eigenvalue weighted by Gasteiger charge is -2.62. The van der Waals surface area contributed by atoms with Crippen LogP contribution < -0.4 is 0 Å². The highest BCUT2D eigenvalue weighted by Crippen LogP contribution is 2.69. The maximum Gasteiger partial charge on any atom is 0.0648 e. The Kier molecular flexibility index (Phi) is 6.44. The van der Waals surface area contributed by atoms with Crippen molar-refractivity contribution < 1.29 is 10.2 Å². The predicted octanol–water partition coefficient (Wildman–Crippen LogP) is 7.36. The van der Waals surface area contributed by atoms with Gasteiger partial charge in [0, 0.05) is 0 Å². The Hall–Kier alpha value is -0.0800. The fourth-order valence-corrected chi connectivity index (χ4v) is 9.69. The topological polar surface area (TPSA) is 40.5 Å². The zero-order chi connectivity index (χ0) is 22.7. The Morgan fingerprint density at radius 2 is 1.61 bits per heavy atom. The molecule has 0 saturated heterocycles. The molecule has 4 rings (SSSR count). The van der Waals surface area contributed by atoms with Crippen molar-refractivity contribution in [2.75, 3.05) is 0 Å². The van der Waals surface area contributed by atoms with Crippen molar-refractivity contribution in [2.24, 2.45) is 46.3 Å². The minimum absolute atomic E-state index is 0.381. The molecule has 0 aliphatic heterocycles. The first-order valence-corrected chi connectivity index (χ1v) is 13.9. The van der Waals surface area contributed by atoms with Gasteiger partial charge >= 0.3 is 0 Å². The third-order valence-electron chi connectivity index (χ3n) is 11.8. The van der Waals surface area contributed by atoms with Crippen molar-refractivity contribution in [3.8, 4) is 0 Å². The van der Waals surface area contributed by atoms with Crippen LogP contribution in [0.15, 0.2) is 0 Å². The second kappa shape index (κ2) is 8.30. The quantitative estimate of drug-likeness (QED) is 0.460. The summed E-state index contributed by atoms with van der Waals surface area (Å²) in [5.41, 5.74) is 0.0735. The van der Waals surface area contributed by atoms with E-state index in [0.29, 0.717) is 10.8 Å². The summed E-state index contributed by atoms with van der Waals surface area (Å²) in [6.07, 6.45) is 16.1. The molecule has 4 fully saturated rings. The van der Waals surface area contributed by atoms with Crippen LogP contribution in [0.5, 0.6) is 0 Å². The molecule has 4 aliphatic carbocycles. The first-order chi connectivity index (χ1) is 14.5. The first-order valence-electron chi connectivity index (χ1n) is 13.9. The van der Waals surface area contributed by atoms with E-state index in [4.69, 9.17) is 0 Å². The van der Waals surface area contributed by atoms with Crippen molar-refractivity contribution in [1.82, 2.24) is 0 Å². The van der Waals surface area contributed by atoms with Crippen LogP contribution in [-0.2, 0) is 0 Å². The molecule has 0 radical (unpaired) electrons. The maximum absolute atomic E-state index is 11.0. The van der Waals surface area contributed by atoms with E-state index in [1.54, 1.807) is 0 Å². The number of fused-ring (bicyclic) bond motifs is 5. The summed E-state index contributed by atoms with van der Waals surface area (Å²) < 4.78 is 0. The van der Waals surface area contributed by atoms with Crippen molar-refractivity contribution in [3.63, 3.8) is 0 Å². The molecule has 2 heteroatoms. The molecule has 9 atom stereocenters. The molecule has 180 valence electrons. The largest absolute Gasteiger partial charge is 0.390 e. The van der Waals surface area contributed by atoms with Crippen molar-refractivity contribution >= 4 is 0 Å². The molecule has 2 N–H and O–H groups in total. The minimum atomic E-state index is -0.529. The number of hydrogen-bond donors (Lipinski definition) is 2. The van der Waals surface area contributed by atoms with E-state index in [2.05, 4.69) is 27.7 Å². The average molecular weight is 433 g/mol. The van der Waals surface area contributed by atoms with E-state index in [-0.39, 0.29) is 5.60 Å². The molecular weight excluding hydrogens is 380 g/mol. The van der Waals surface area contributed by atoms with Crippen LogP contribution in [-0.4, -0.2) is 21.4 Å². The molecule has 0 bridgehead atoms. The van der Waals surface area contributed by atoms with Gasteiger partial charge in [-0.1, -0.05) is 34.1 Å². The van der Waals surface area contributed by atoms with Gasteiger partial charge in [-0.25, -0.2) is 0 Å². The summed E-state index contributed by atoms with van der Waals surface area (Å²) in [5.74, 6) is 5.10. The highest BCUT2D eigenvalue weighted by Gasteiger charge is 2.61. The van der Waals surface area contributed by atoms with Gasteiger partial charge in [-0.3, -0.25) is 0 Å². The average Bonchev–Trinajstić information content (AvgIpc) is 3.06. The molecule has 4 saturated carbocycles. The summed E-state index contributed by atoms with van der Waals surface area (Å²) >= 11 is 0. The van der Waals surface area contributed by atoms with Crippen LogP contribution in [0.2, 0.25) is 0 Å². The summed E-state index contributed by atoms with van der Waals surface area (Å²) in [4.78, 5) is 0. The van der Waals surface area contributed by atoms with Gasteiger partial charge in [-0.05, 0) is 137 Å². The lowest BCUT2D eigenvalue weighted by molar-refractivity contribution is -0.153. The summed E-state index contributed by atoms with van der Waals surface area (Å²) in [6, 6.07) is 0. The Bertz CT molecular complexity index is 637. The Morgan fingerprint density at radius 1 is 0.903 bits per heavy atom. The van der Waals surface area contributed by atoms with E-state index in [9.17, 15) is 10.2 Å². The van der Waals surface area contributed by atoms with Crippen LogP contribution in [0, 0.1) is 46.3 Å². The van der Waals surface area contributed by atoms with Crippen LogP contribution in [0.1, 0.15) is 125 Å². The number of aliphatic hydroxyl groups is 2. The van der Waals surface area contributed by atoms with Crippen molar-refractivity contribution in [1.29, 1.82) is 0 Å². The Balaban J connectivity index is 1.50. The third-order valence-corrected chi connectivity index (χ3v) is 11.8. The summed E-state index contributed by atoms with van der Waals surface area (Å²) in [6.45, 7) is 13.8. The lowest BCUT2D eigenvalue weighted by atomic mass is 9.43. The molecule has 0 aromatic rings. The zero-order valence-corrected chi connectivity index (χ0v) is 21.6. The highest BCUT2D eigenvalue weighted by molar-refractivity contribution is 5.11. The highest BCUT2D eigenvalue weighted by atomic mass is 16.3. The standard InChI is InChI=1S/C29H52O2/c1-7-20(13-15-26(3,4)30)23-11-12-24-22-10-9-21-19-29(31,8-2)18-17-27(21,5)25(22)14-16-28(23,24)6/h20-25,30-31H,7-19H2,1-6H3/t20-,21+,22+,23-,24+,25+,27+,28-,29+/m1/s1. The van der Waals surface area contributed by atoms with Gasteiger partial charge in [0.2, 0.25) is 0 Å². The lowest BCUT2D eigenvalue weighted by Crippen LogP contribution is -2.56. The van der Waals surface area contributed by atoms with Gasteiger partial charge in [-0.15, -0.1) is 0 Å². The van der Waals surface area contributed by atoms with E-state index in [1.165, 1.54) is 57.8 Å². The van der Waals surface area contributed by atoms with E-state index < -0.39 is 5.60 Å². The first kappa shape index (κ1) is 24.1. The van der Waals surface area contributed by atoms with Crippen LogP contribution in [0.3, 0.4) is 0 Å². The zero-order valence-electron chi connectivity index (χ0n) is 21.6. The molecule has 0 heterocycles. The van der Waals surface area contributed by atoms with Crippen molar-refractivity contribution in [3.05, 3.63) is 0 Å². The molecule has 31 heavy (non-hydrogen) atoms. The van der Waals surface area contributed by atoms with E-state index in [1.807, 2.05) is 13.8 Å². The normalized spacial score (nSPS) is 48.6. The van der Waals surface area contributed by atoms with Gasteiger partial charge in [0.25, 0.3) is 0 Å². The molecule has 4 aliphatic rings. The van der Waals surface area contributed by atoms with Crippen LogP contribution >= 0.6 is 0 Å². The fraction of sp³-hybridized carbons (Fsp3) is 1.00. The fourth-order valence-electron chi connectivity index (χ4n) is 9.69. The molecule has 0 spiro atoms. The SMILES string of the molecule is CC[C@H](CCC(C)(C)O)[C@H]1CC[C@H]2[C@@H]3CC[C@H]4C[C@](O)(CC)CC[C@]4(C)[C@H]3CC[C@]12C. The molecule has 0 amide bonds. The molecule has 2 nitrogen and oxygen atoms in total. The van der Waals surface area contributed by atoms with Gasteiger partial charge < -0.3 is 10.2 Å². The second-order valence-corrected chi connectivity index (χ2v) is 13.7. The van der Waals surface area contributed by atoms with E-state index in [0.717, 1.165) is 61.2 Å². The number of hydrogen-bond acceptors (Lipinski definition) is 2. The Labute approximate surface area is 193 Å². The smallest absolute Gasteiger partial charge is 0.0648 e. The van der Waals surface area contributed by atoms with Gasteiger partial charge in [0.05, 0.1) is 11.2 Å². The maximum atomic E-state index is 11.0. The predicted molar refractivity (Wildman–Crippen MR) is 130 cm³/mol. The molecule has 0 aromatic heterocycles.